The van der Waals surface area contributed by atoms with Crippen molar-refractivity contribution in [3.8, 4) is 11.8 Å². The number of hydrogen-bond donors (Lipinski definition) is 1. The Balaban J connectivity index is 1.55. The SMILES string of the molecule is CCS(=O)(=O)N1CC(=O)N2[C@H](C1)[C@@H](c1ccc(C#Cc3cccc(F)c3)cc1)[C@@H]2CO. The molecule has 31 heavy (non-hydrogen) atoms. The van der Waals surface area contributed by atoms with E-state index < -0.39 is 10.0 Å². The fourth-order valence-corrected chi connectivity index (χ4v) is 5.42. The van der Waals surface area contributed by atoms with Crippen LogP contribution in [0.1, 0.15) is 29.5 Å². The highest BCUT2D eigenvalue weighted by Gasteiger charge is 2.55. The van der Waals surface area contributed by atoms with Crippen molar-refractivity contribution in [2.45, 2.75) is 24.9 Å². The Morgan fingerprint density at radius 1 is 1.13 bits per heavy atom. The predicted molar refractivity (Wildman–Crippen MR) is 114 cm³/mol. The van der Waals surface area contributed by atoms with Crippen LogP contribution < -0.4 is 0 Å². The monoisotopic (exact) mass is 442 g/mol. The van der Waals surface area contributed by atoms with Crippen LogP contribution in [0.5, 0.6) is 0 Å². The number of amides is 1. The summed E-state index contributed by atoms with van der Waals surface area (Å²) in [6.07, 6.45) is 0. The van der Waals surface area contributed by atoms with Crippen molar-refractivity contribution < 1.29 is 22.7 Å². The van der Waals surface area contributed by atoms with Crippen LogP contribution in [0.4, 0.5) is 4.39 Å². The fourth-order valence-electron chi connectivity index (χ4n) is 4.36. The van der Waals surface area contributed by atoms with Crippen molar-refractivity contribution in [2.75, 3.05) is 25.4 Å². The topological polar surface area (TPSA) is 77.9 Å². The normalized spacial score (nSPS) is 23.5. The first-order valence-electron chi connectivity index (χ1n) is 10.1. The van der Waals surface area contributed by atoms with Gasteiger partial charge >= 0.3 is 0 Å². The summed E-state index contributed by atoms with van der Waals surface area (Å²) in [5.41, 5.74) is 2.25. The molecule has 2 aliphatic heterocycles. The molecule has 2 aliphatic rings. The van der Waals surface area contributed by atoms with Crippen LogP contribution in [0.25, 0.3) is 0 Å². The molecule has 1 amide bonds. The zero-order valence-electron chi connectivity index (χ0n) is 17.0. The molecule has 0 saturated carbocycles. The van der Waals surface area contributed by atoms with Crippen molar-refractivity contribution in [1.29, 1.82) is 0 Å². The molecule has 8 heteroatoms. The van der Waals surface area contributed by atoms with Crippen LogP contribution in [0.15, 0.2) is 48.5 Å². The first-order chi connectivity index (χ1) is 14.8. The standard InChI is InChI=1S/C23H23FN2O4S/c1-2-31(29,30)25-13-20-23(21(15-27)26(20)22(28)14-25)18-10-8-16(9-11-18)6-7-17-4-3-5-19(24)12-17/h3-5,8-12,20-21,23,27H,2,13-15H2,1H3/t20-,21+,23-/m1/s1. The van der Waals surface area contributed by atoms with Gasteiger partial charge in [0.05, 0.1) is 31.0 Å². The molecular formula is C23H23FN2O4S. The summed E-state index contributed by atoms with van der Waals surface area (Å²) >= 11 is 0. The van der Waals surface area contributed by atoms with Crippen LogP contribution >= 0.6 is 0 Å². The second-order valence-electron chi connectivity index (χ2n) is 7.72. The second kappa shape index (κ2) is 8.42. The molecule has 2 fully saturated rings. The molecule has 0 spiro atoms. The molecular weight excluding hydrogens is 419 g/mol. The Kier molecular flexibility index (Phi) is 5.84. The highest BCUT2D eigenvalue weighted by molar-refractivity contribution is 7.89. The van der Waals surface area contributed by atoms with Crippen molar-refractivity contribution >= 4 is 15.9 Å². The van der Waals surface area contributed by atoms with Gasteiger partial charge in [-0.05, 0) is 42.8 Å². The number of fused-ring (bicyclic) bond motifs is 1. The maximum atomic E-state index is 13.3. The molecule has 162 valence electrons. The number of halogens is 1. The van der Waals surface area contributed by atoms with Gasteiger partial charge in [-0.25, -0.2) is 12.8 Å². The van der Waals surface area contributed by atoms with E-state index >= 15 is 0 Å². The number of nitrogens with zero attached hydrogens (tertiary/aromatic N) is 2. The van der Waals surface area contributed by atoms with Crippen LogP contribution in [0.2, 0.25) is 0 Å². The average Bonchev–Trinajstić information content (AvgIpc) is 2.74. The van der Waals surface area contributed by atoms with E-state index in [1.165, 1.54) is 16.4 Å². The van der Waals surface area contributed by atoms with Gasteiger partial charge in [-0.2, -0.15) is 4.31 Å². The molecule has 0 bridgehead atoms. The minimum absolute atomic E-state index is 0.0558. The summed E-state index contributed by atoms with van der Waals surface area (Å²) < 4.78 is 39.1. The molecule has 2 saturated heterocycles. The molecule has 0 aromatic heterocycles. The third-order valence-electron chi connectivity index (χ3n) is 5.95. The lowest BCUT2D eigenvalue weighted by molar-refractivity contribution is -0.158. The molecule has 0 radical (unpaired) electrons. The second-order valence-corrected chi connectivity index (χ2v) is 9.98. The number of rotatable bonds is 4. The van der Waals surface area contributed by atoms with Gasteiger partial charge in [-0.15, -0.1) is 0 Å². The predicted octanol–water partition coefficient (Wildman–Crippen LogP) is 1.55. The molecule has 2 aromatic rings. The lowest BCUT2D eigenvalue weighted by Crippen LogP contribution is -2.73. The van der Waals surface area contributed by atoms with E-state index in [2.05, 4.69) is 11.8 Å². The number of benzene rings is 2. The van der Waals surface area contributed by atoms with E-state index in [4.69, 9.17) is 0 Å². The number of hydrogen-bond acceptors (Lipinski definition) is 4. The molecule has 1 N–H and O–H groups in total. The van der Waals surface area contributed by atoms with Crippen LogP contribution in [-0.4, -0.2) is 66.2 Å². The first kappa shape index (κ1) is 21.5. The van der Waals surface area contributed by atoms with Crippen molar-refractivity contribution in [3.05, 3.63) is 71.0 Å². The average molecular weight is 443 g/mol. The molecule has 6 nitrogen and oxygen atoms in total. The quantitative estimate of drug-likeness (QED) is 0.729. The third-order valence-corrected chi connectivity index (χ3v) is 7.75. The summed E-state index contributed by atoms with van der Waals surface area (Å²) in [4.78, 5) is 14.2. The van der Waals surface area contributed by atoms with E-state index in [1.54, 1.807) is 24.0 Å². The summed E-state index contributed by atoms with van der Waals surface area (Å²) in [6, 6.07) is 12.8. The first-order valence-corrected chi connectivity index (χ1v) is 11.7. The summed E-state index contributed by atoms with van der Waals surface area (Å²) in [7, 11) is -3.47. The number of carbonyl (C=O) groups excluding carboxylic acids is 1. The number of aliphatic hydroxyl groups is 1. The number of aliphatic hydroxyl groups excluding tert-OH is 1. The van der Waals surface area contributed by atoms with Crippen LogP contribution in [0, 0.1) is 17.7 Å². The lowest BCUT2D eigenvalue weighted by atomic mass is 9.74. The van der Waals surface area contributed by atoms with Crippen molar-refractivity contribution in [3.63, 3.8) is 0 Å². The van der Waals surface area contributed by atoms with E-state index in [9.17, 15) is 22.7 Å². The zero-order chi connectivity index (χ0) is 22.2. The Hall–Kier alpha value is -2.73. The number of piperazine rings is 1. The molecule has 4 rings (SSSR count). The van der Waals surface area contributed by atoms with Gasteiger partial charge < -0.3 is 10.0 Å². The van der Waals surface area contributed by atoms with E-state index in [-0.39, 0.29) is 55.2 Å². The van der Waals surface area contributed by atoms with Gasteiger partial charge in [0.25, 0.3) is 0 Å². The van der Waals surface area contributed by atoms with Crippen molar-refractivity contribution in [1.82, 2.24) is 9.21 Å². The Morgan fingerprint density at radius 3 is 2.48 bits per heavy atom. The largest absolute Gasteiger partial charge is 0.394 e. The fraction of sp³-hybridized carbons (Fsp3) is 0.348. The van der Waals surface area contributed by atoms with E-state index in [1.807, 2.05) is 24.3 Å². The highest BCUT2D eigenvalue weighted by Crippen LogP contribution is 2.43. The molecule has 0 unspecified atom stereocenters. The maximum Gasteiger partial charge on any atom is 0.238 e. The Bertz CT molecular complexity index is 1150. The van der Waals surface area contributed by atoms with Gasteiger partial charge in [-0.1, -0.05) is 30.0 Å². The van der Waals surface area contributed by atoms with Gasteiger partial charge in [0.15, 0.2) is 0 Å². The van der Waals surface area contributed by atoms with Crippen LogP contribution in [-0.2, 0) is 14.8 Å². The molecule has 2 heterocycles. The third kappa shape index (κ3) is 4.09. The lowest BCUT2D eigenvalue weighted by Gasteiger charge is -2.58. The molecule has 2 aromatic carbocycles. The minimum Gasteiger partial charge on any atom is -0.394 e. The van der Waals surface area contributed by atoms with Crippen LogP contribution in [0.3, 0.4) is 0 Å². The van der Waals surface area contributed by atoms with Gasteiger partial charge in [-0.3, -0.25) is 4.79 Å². The number of carbonyl (C=O) groups is 1. The number of sulfonamides is 1. The van der Waals surface area contributed by atoms with Gasteiger partial charge in [0.1, 0.15) is 5.82 Å². The minimum atomic E-state index is -3.47. The molecule has 0 aliphatic carbocycles. The zero-order valence-corrected chi connectivity index (χ0v) is 17.8. The van der Waals surface area contributed by atoms with Crippen molar-refractivity contribution in [2.24, 2.45) is 0 Å². The summed E-state index contributed by atoms with van der Waals surface area (Å²) in [6.45, 7) is 1.42. The highest BCUT2D eigenvalue weighted by atomic mass is 32.2. The van der Waals surface area contributed by atoms with Gasteiger partial charge in [0.2, 0.25) is 15.9 Å². The van der Waals surface area contributed by atoms with Gasteiger partial charge in [0, 0.05) is 23.6 Å². The summed E-state index contributed by atoms with van der Waals surface area (Å²) in [5, 5.41) is 9.85. The van der Waals surface area contributed by atoms with E-state index in [0.717, 1.165) is 11.1 Å². The van der Waals surface area contributed by atoms with E-state index in [0.29, 0.717) is 5.56 Å². The maximum absolute atomic E-state index is 13.3. The smallest absolute Gasteiger partial charge is 0.238 e. The molecule has 3 atom stereocenters. The summed E-state index contributed by atoms with van der Waals surface area (Å²) in [5.74, 6) is 5.09. The Labute approximate surface area is 181 Å². The Morgan fingerprint density at radius 2 is 1.84 bits per heavy atom.